The van der Waals surface area contributed by atoms with Crippen LogP contribution in [0.15, 0.2) is 18.2 Å². The fourth-order valence-corrected chi connectivity index (χ4v) is 1.69. The van der Waals surface area contributed by atoms with E-state index in [-0.39, 0.29) is 17.7 Å². The van der Waals surface area contributed by atoms with Crippen molar-refractivity contribution in [2.75, 3.05) is 20.2 Å². The van der Waals surface area contributed by atoms with E-state index in [1.807, 2.05) is 13.8 Å². The van der Waals surface area contributed by atoms with E-state index in [2.05, 4.69) is 0 Å². The van der Waals surface area contributed by atoms with Gasteiger partial charge < -0.3 is 15.4 Å². The van der Waals surface area contributed by atoms with Crippen LogP contribution in [0.25, 0.3) is 0 Å². The number of benzene rings is 1. The molecule has 1 rings (SSSR count). The van der Waals surface area contributed by atoms with Crippen molar-refractivity contribution in [3.63, 3.8) is 0 Å². The molecule has 0 aliphatic rings. The molecule has 4 nitrogen and oxygen atoms in total. The van der Waals surface area contributed by atoms with E-state index in [0.717, 1.165) is 0 Å². The topological polar surface area (TPSA) is 55.6 Å². The third-order valence-corrected chi connectivity index (χ3v) is 2.65. The summed E-state index contributed by atoms with van der Waals surface area (Å²) in [6.45, 7) is 4.68. The Labute approximate surface area is 107 Å². The summed E-state index contributed by atoms with van der Waals surface area (Å²) in [5.74, 6) is -0.588. The zero-order valence-corrected chi connectivity index (χ0v) is 10.9. The Bertz CT molecular complexity index is 421. The number of nitrogens with zero attached hydrogens (tertiary/aromatic N) is 1. The van der Waals surface area contributed by atoms with E-state index >= 15 is 0 Å². The van der Waals surface area contributed by atoms with Gasteiger partial charge in [-0.3, -0.25) is 4.79 Å². The molecular weight excluding hydrogens is 235 g/mol. The van der Waals surface area contributed by atoms with Crippen molar-refractivity contribution in [1.29, 1.82) is 0 Å². The minimum atomic E-state index is -0.482. The van der Waals surface area contributed by atoms with Gasteiger partial charge in [-0.1, -0.05) is 0 Å². The largest absolute Gasteiger partial charge is 0.494 e. The predicted molar refractivity (Wildman–Crippen MR) is 68.2 cm³/mol. The number of hydrogen-bond donors (Lipinski definition) is 1. The van der Waals surface area contributed by atoms with Crippen molar-refractivity contribution in [1.82, 2.24) is 4.90 Å². The highest BCUT2D eigenvalue weighted by molar-refractivity contribution is 5.94. The van der Waals surface area contributed by atoms with Crippen LogP contribution in [0.2, 0.25) is 0 Å². The predicted octanol–water partition coefficient (Wildman–Crippen LogP) is 1.64. The standard InChI is InChI=1S/C13H19FN2O2/c1-9(2)16(7-6-15)13(17)10-4-5-11(14)12(8-10)18-3/h4-5,8-9H,6-7,15H2,1-3H3. The Hall–Kier alpha value is -1.62. The average Bonchev–Trinajstić information content (AvgIpc) is 2.35. The van der Waals surface area contributed by atoms with Gasteiger partial charge in [-0.05, 0) is 32.0 Å². The van der Waals surface area contributed by atoms with Crippen molar-refractivity contribution in [2.24, 2.45) is 5.73 Å². The van der Waals surface area contributed by atoms with Gasteiger partial charge in [0.15, 0.2) is 11.6 Å². The van der Waals surface area contributed by atoms with Crippen molar-refractivity contribution >= 4 is 5.91 Å². The Morgan fingerprint density at radius 2 is 2.17 bits per heavy atom. The number of nitrogens with two attached hydrogens (primary N) is 1. The summed E-state index contributed by atoms with van der Waals surface area (Å²) < 4.78 is 18.1. The molecule has 100 valence electrons. The summed E-state index contributed by atoms with van der Waals surface area (Å²) in [7, 11) is 1.37. The summed E-state index contributed by atoms with van der Waals surface area (Å²) >= 11 is 0. The SMILES string of the molecule is COc1cc(C(=O)N(CCN)C(C)C)ccc1F. The van der Waals surface area contributed by atoms with Crippen LogP contribution in [0.5, 0.6) is 5.75 Å². The maximum absolute atomic E-state index is 13.3. The third-order valence-electron chi connectivity index (χ3n) is 2.65. The number of hydrogen-bond acceptors (Lipinski definition) is 3. The van der Waals surface area contributed by atoms with Crippen LogP contribution >= 0.6 is 0 Å². The number of amides is 1. The molecule has 1 aromatic carbocycles. The van der Waals surface area contributed by atoms with Crippen molar-refractivity contribution in [3.8, 4) is 5.75 Å². The quantitative estimate of drug-likeness (QED) is 0.869. The van der Waals surface area contributed by atoms with Crippen LogP contribution in [0, 0.1) is 5.82 Å². The summed E-state index contributed by atoms with van der Waals surface area (Å²) in [5, 5.41) is 0. The molecule has 18 heavy (non-hydrogen) atoms. The van der Waals surface area contributed by atoms with Gasteiger partial charge in [0, 0.05) is 24.7 Å². The van der Waals surface area contributed by atoms with Gasteiger partial charge in [0.25, 0.3) is 5.91 Å². The van der Waals surface area contributed by atoms with Gasteiger partial charge in [0.2, 0.25) is 0 Å². The fraction of sp³-hybridized carbons (Fsp3) is 0.462. The molecule has 0 heterocycles. The molecule has 0 saturated carbocycles. The maximum Gasteiger partial charge on any atom is 0.254 e. The lowest BCUT2D eigenvalue weighted by Crippen LogP contribution is -2.40. The van der Waals surface area contributed by atoms with Gasteiger partial charge in [-0.25, -0.2) is 4.39 Å². The van der Waals surface area contributed by atoms with E-state index < -0.39 is 5.82 Å². The molecule has 0 aliphatic carbocycles. The highest BCUT2D eigenvalue weighted by atomic mass is 19.1. The Morgan fingerprint density at radius 3 is 2.67 bits per heavy atom. The fourth-order valence-electron chi connectivity index (χ4n) is 1.69. The van der Waals surface area contributed by atoms with E-state index in [1.54, 1.807) is 4.90 Å². The van der Waals surface area contributed by atoms with Gasteiger partial charge >= 0.3 is 0 Å². The normalized spacial score (nSPS) is 10.6. The van der Waals surface area contributed by atoms with Crippen LogP contribution in [0.4, 0.5) is 4.39 Å². The molecule has 0 fully saturated rings. The number of carbonyl (C=O) groups is 1. The monoisotopic (exact) mass is 254 g/mol. The lowest BCUT2D eigenvalue weighted by atomic mass is 10.1. The number of methoxy groups -OCH3 is 1. The molecular formula is C13H19FN2O2. The molecule has 0 spiro atoms. The molecule has 0 radical (unpaired) electrons. The zero-order chi connectivity index (χ0) is 13.7. The van der Waals surface area contributed by atoms with Crippen LogP contribution in [-0.4, -0.2) is 37.0 Å². The Kier molecular flexibility index (Phi) is 5.09. The first kappa shape index (κ1) is 14.4. The first-order valence-electron chi connectivity index (χ1n) is 5.85. The van der Waals surface area contributed by atoms with E-state index in [9.17, 15) is 9.18 Å². The first-order chi connectivity index (χ1) is 8.51. The highest BCUT2D eigenvalue weighted by Gasteiger charge is 2.19. The van der Waals surface area contributed by atoms with Gasteiger partial charge in [0.1, 0.15) is 0 Å². The number of halogens is 1. The van der Waals surface area contributed by atoms with Crippen molar-refractivity contribution in [3.05, 3.63) is 29.6 Å². The van der Waals surface area contributed by atoms with Crippen LogP contribution in [-0.2, 0) is 0 Å². The molecule has 0 aliphatic heterocycles. The molecule has 2 N–H and O–H groups in total. The zero-order valence-electron chi connectivity index (χ0n) is 10.9. The average molecular weight is 254 g/mol. The van der Waals surface area contributed by atoms with Crippen LogP contribution in [0.3, 0.4) is 0 Å². The van der Waals surface area contributed by atoms with Crippen LogP contribution in [0.1, 0.15) is 24.2 Å². The van der Waals surface area contributed by atoms with E-state index in [0.29, 0.717) is 18.7 Å². The Balaban J connectivity index is 3.01. The molecule has 0 saturated heterocycles. The van der Waals surface area contributed by atoms with Crippen molar-refractivity contribution in [2.45, 2.75) is 19.9 Å². The van der Waals surface area contributed by atoms with Gasteiger partial charge in [0.05, 0.1) is 7.11 Å². The minimum absolute atomic E-state index is 0.0390. The third kappa shape index (κ3) is 3.20. The lowest BCUT2D eigenvalue weighted by Gasteiger charge is -2.26. The summed E-state index contributed by atoms with van der Waals surface area (Å²) in [6.07, 6.45) is 0. The van der Waals surface area contributed by atoms with E-state index in [1.165, 1.54) is 25.3 Å². The maximum atomic E-state index is 13.3. The lowest BCUT2D eigenvalue weighted by molar-refractivity contribution is 0.0711. The van der Waals surface area contributed by atoms with Gasteiger partial charge in [-0.15, -0.1) is 0 Å². The second-order valence-electron chi connectivity index (χ2n) is 4.23. The molecule has 5 heteroatoms. The smallest absolute Gasteiger partial charge is 0.254 e. The minimum Gasteiger partial charge on any atom is -0.494 e. The number of rotatable bonds is 5. The molecule has 1 amide bonds. The number of ether oxygens (including phenoxy) is 1. The second-order valence-corrected chi connectivity index (χ2v) is 4.23. The number of carbonyl (C=O) groups excluding carboxylic acids is 1. The molecule has 0 unspecified atom stereocenters. The second kappa shape index (κ2) is 6.35. The summed E-state index contributed by atoms with van der Waals surface area (Å²) in [4.78, 5) is 13.9. The summed E-state index contributed by atoms with van der Waals surface area (Å²) in [6, 6.07) is 4.12. The van der Waals surface area contributed by atoms with E-state index in [4.69, 9.17) is 10.5 Å². The summed E-state index contributed by atoms with van der Waals surface area (Å²) in [5.41, 5.74) is 5.88. The van der Waals surface area contributed by atoms with Gasteiger partial charge in [-0.2, -0.15) is 0 Å². The van der Waals surface area contributed by atoms with Crippen molar-refractivity contribution < 1.29 is 13.9 Å². The molecule has 0 aromatic heterocycles. The highest BCUT2D eigenvalue weighted by Crippen LogP contribution is 2.19. The Morgan fingerprint density at radius 1 is 1.50 bits per heavy atom. The molecule has 1 aromatic rings. The molecule has 0 bridgehead atoms. The first-order valence-corrected chi connectivity index (χ1v) is 5.85. The van der Waals surface area contributed by atoms with Crippen LogP contribution < -0.4 is 10.5 Å². The molecule has 0 atom stereocenters.